The second-order valence-electron chi connectivity index (χ2n) is 6.21. The molecule has 1 saturated heterocycles. The van der Waals surface area contributed by atoms with E-state index in [0.29, 0.717) is 28.0 Å². The van der Waals surface area contributed by atoms with E-state index in [-0.39, 0.29) is 28.6 Å². The molecule has 2 aromatic heterocycles. The number of thioether (sulfide) groups is 1. The third-order valence-corrected chi connectivity index (χ3v) is 5.45. The first-order chi connectivity index (χ1) is 13.1. The van der Waals surface area contributed by atoms with Gasteiger partial charge in [-0.2, -0.15) is 5.26 Å². The van der Waals surface area contributed by atoms with E-state index in [1.54, 1.807) is 18.2 Å². The minimum absolute atomic E-state index is 0.0124. The molecule has 136 valence electrons. The lowest BCUT2D eigenvalue weighted by atomic mass is 10.2. The largest absolute Gasteiger partial charge is 0.357 e. The highest BCUT2D eigenvalue weighted by atomic mass is 32.2. The van der Waals surface area contributed by atoms with E-state index in [0.717, 1.165) is 24.6 Å². The molecule has 3 heterocycles. The lowest BCUT2D eigenvalue weighted by molar-refractivity contribution is -0.110. The summed E-state index contributed by atoms with van der Waals surface area (Å²) in [7, 11) is 0. The maximum Gasteiger partial charge on any atom is 0.270 e. The molecule has 1 aliphatic heterocycles. The second-order valence-corrected chi connectivity index (χ2v) is 7.26. The molecule has 0 saturated carbocycles. The van der Waals surface area contributed by atoms with Gasteiger partial charge in [0.05, 0.1) is 11.9 Å². The van der Waals surface area contributed by atoms with Gasteiger partial charge in [-0.3, -0.25) is 14.7 Å². The average molecular weight is 380 g/mol. The van der Waals surface area contributed by atoms with Gasteiger partial charge >= 0.3 is 0 Å². The fourth-order valence-electron chi connectivity index (χ4n) is 3.13. The Hall–Kier alpha value is -3.12. The number of nitriles is 1. The molecule has 0 atom stereocenters. The molecule has 0 aliphatic carbocycles. The van der Waals surface area contributed by atoms with Crippen LogP contribution in [0.2, 0.25) is 0 Å². The first-order valence-electron chi connectivity index (χ1n) is 8.60. The van der Waals surface area contributed by atoms with Crippen LogP contribution in [0.1, 0.15) is 25.6 Å². The first-order valence-corrected chi connectivity index (χ1v) is 9.42. The zero-order valence-electron chi connectivity index (χ0n) is 14.6. The highest BCUT2D eigenvalue weighted by Crippen LogP contribution is 2.35. The van der Waals surface area contributed by atoms with Gasteiger partial charge in [0.2, 0.25) is 5.12 Å². The Labute approximate surface area is 158 Å². The quantitative estimate of drug-likeness (QED) is 0.691. The minimum Gasteiger partial charge on any atom is -0.357 e. The number of nitrogens with one attached hydrogen (secondary N) is 1. The number of aromatic nitrogens is 4. The number of unbranched alkanes of at least 4 members (excludes halogenated alkanes) is 1. The summed E-state index contributed by atoms with van der Waals surface area (Å²) in [6.07, 6.45) is 1.90. The maximum absolute atomic E-state index is 12.4. The number of hydrogen-bond donors (Lipinski definition) is 1. The lowest BCUT2D eigenvalue weighted by Crippen LogP contribution is -2.22. The fraction of sp³-hybridized carbons (Fsp3) is 0.278. The van der Waals surface area contributed by atoms with E-state index in [1.807, 2.05) is 11.0 Å². The minimum atomic E-state index is -0.292. The number of aromatic amines is 1. The molecule has 9 heteroatoms. The molecule has 8 nitrogen and oxygen atoms in total. The standard InChI is InChI=1S/C18H16N6O2S/c1-2-3-8-23-10-14(25)27-18(23)13(9-19)16-21-20-15-11-6-4-5-7-12(11)17(26)22-24(15)16/h4-7H,2-3,8,10H2,1H3,(H,22,26)/b18-13+. The Kier molecular flexibility index (Phi) is 4.41. The maximum atomic E-state index is 12.4. The molecule has 3 aromatic rings. The van der Waals surface area contributed by atoms with E-state index in [4.69, 9.17) is 0 Å². The number of hydrogen-bond acceptors (Lipinski definition) is 7. The van der Waals surface area contributed by atoms with Gasteiger partial charge in [0.1, 0.15) is 16.7 Å². The predicted octanol–water partition coefficient (Wildman–Crippen LogP) is 2.14. The van der Waals surface area contributed by atoms with Gasteiger partial charge in [-0.05, 0) is 24.2 Å². The Morgan fingerprint density at radius 2 is 2.07 bits per heavy atom. The second kappa shape index (κ2) is 6.89. The summed E-state index contributed by atoms with van der Waals surface area (Å²) in [5.74, 6) is 0.231. The van der Waals surface area contributed by atoms with Crippen LogP contribution in [0, 0.1) is 11.3 Å². The third-order valence-electron chi connectivity index (χ3n) is 4.44. The number of benzene rings is 1. The van der Waals surface area contributed by atoms with Crippen molar-refractivity contribution < 1.29 is 4.79 Å². The summed E-state index contributed by atoms with van der Waals surface area (Å²) in [6.45, 7) is 3.02. The molecular formula is C18H16N6O2S. The SMILES string of the molecule is CCCCN1CC(=O)S/C1=C(\C#N)c1nnc2c3ccccc3c(=O)[nH]n12. The summed E-state index contributed by atoms with van der Waals surface area (Å²) >= 11 is 1.04. The predicted molar refractivity (Wildman–Crippen MR) is 103 cm³/mol. The molecule has 0 bridgehead atoms. The number of rotatable bonds is 4. The van der Waals surface area contributed by atoms with Crippen LogP contribution in [0.3, 0.4) is 0 Å². The Morgan fingerprint density at radius 3 is 2.81 bits per heavy atom. The summed E-state index contributed by atoms with van der Waals surface area (Å²) in [5, 5.41) is 22.6. The highest BCUT2D eigenvalue weighted by Gasteiger charge is 2.30. The fourth-order valence-corrected chi connectivity index (χ4v) is 4.09. The molecule has 1 aliphatic rings. The first kappa shape index (κ1) is 17.3. The molecule has 1 aromatic carbocycles. The van der Waals surface area contributed by atoms with Crippen molar-refractivity contribution in [1.82, 2.24) is 24.7 Å². The third kappa shape index (κ3) is 2.88. The molecule has 4 rings (SSSR count). The Bertz CT molecular complexity index is 1190. The van der Waals surface area contributed by atoms with Crippen LogP contribution in [0.25, 0.3) is 22.0 Å². The van der Waals surface area contributed by atoms with E-state index in [9.17, 15) is 14.9 Å². The molecule has 1 N–H and O–H groups in total. The van der Waals surface area contributed by atoms with E-state index >= 15 is 0 Å². The molecule has 0 amide bonds. The van der Waals surface area contributed by atoms with Gasteiger partial charge in [0, 0.05) is 11.9 Å². The van der Waals surface area contributed by atoms with Gasteiger partial charge in [0.25, 0.3) is 5.56 Å². The zero-order valence-corrected chi connectivity index (χ0v) is 15.4. The van der Waals surface area contributed by atoms with Gasteiger partial charge in [0.15, 0.2) is 11.5 Å². The van der Waals surface area contributed by atoms with Crippen molar-refractivity contribution >= 4 is 38.9 Å². The van der Waals surface area contributed by atoms with Crippen LogP contribution in [0.15, 0.2) is 34.1 Å². The smallest absolute Gasteiger partial charge is 0.270 e. The van der Waals surface area contributed by atoms with Crippen molar-refractivity contribution in [2.45, 2.75) is 19.8 Å². The molecule has 27 heavy (non-hydrogen) atoms. The van der Waals surface area contributed by atoms with Crippen LogP contribution >= 0.6 is 11.8 Å². The van der Waals surface area contributed by atoms with Crippen molar-refractivity contribution in [1.29, 1.82) is 5.26 Å². The lowest BCUT2D eigenvalue weighted by Gasteiger charge is -2.18. The van der Waals surface area contributed by atoms with E-state index in [1.165, 1.54) is 4.52 Å². The summed E-state index contributed by atoms with van der Waals surface area (Å²) < 4.78 is 1.43. The molecular weight excluding hydrogens is 364 g/mol. The monoisotopic (exact) mass is 380 g/mol. The number of nitrogens with zero attached hydrogens (tertiary/aromatic N) is 5. The van der Waals surface area contributed by atoms with E-state index in [2.05, 4.69) is 28.3 Å². The Morgan fingerprint density at radius 1 is 1.30 bits per heavy atom. The van der Waals surface area contributed by atoms with Crippen molar-refractivity contribution in [3.63, 3.8) is 0 Å². The zero-order chi connectivity index (χ0) is 19.0. The number of H-pyrrole nitrogens is 1. The van der Waals surface area contributed by atoms with Gasteiger partial charge < -0.3 is 4.90 Å². The van der Waals surface area contributed by atoms with Crippen molar-refractivity contribution in [2.75, 3.05) is 13.1 Å². The average Bonchev–Trinajstić information content (AvgIpc) is 3.25. The number of allylic oxidation sites excluding steroid dienone is 1. The van der Waals surface area contributed by atoms with Crippen LogP contribution in [0.4, 0.5) is 0 Å². The summed E-state index contributed by atoms with van der Waals surface area (Å²) in [5.41, 5.74) is 0.405. The molecule has 0 radical (unpaired) electrons. The molecule has 1 fully saturated rings. The van der Waals surface area contributed by atoms with Gasteiger partial charge in [-0.25, -0.2) is 4.52 Å². The van der Waals surface area contributed by atoms with Crippen molar-refractivity contribution in [3.05, 3.63) is 45.5 Å². The Balaban J connectivity index is 1.93. The van der Waals surface area contributed by atoms with Gasteiger partial charge in [-0.15, -0.1) is 10.2 Å². The number of carbonyl (C=O) groups is 1. The normalized spacial score (nSPS) is 16.3. The van der Waals surface area contributed by atoms with E-state index < -0.39 is 0 Å². The number of carbonyl (C=O) groups excluding carboxylic acids is 1. The molecule has 0 spiro atoms. The topological polar surface area (TPSA) is 107 Å². The van der Waals surface area contributed by atoms with Crippen LogP contribution < -0.4 is 5.56 Å². The van der Waals surface area contributed by atoms with Crippen molar-refractivity contribution in [3.8, 4) is 6.07 Å². The number of fused-ring (bicyclic) bond motifs is 3. The van der Waals surface area contributed by atoms with Crippen molar-refractivity contribution in [2.24, 2.45) is 0 Å². The van der Waals surface area contributed by atoms with Gasteiger partial charge in [-0.1, -0.05) is 31.5 Å². The van der Waals surface area contributed by atoms with Crippen LogP contribution in [-0.4, -0.2) is 42.9 Å². The van der Waals surface area contributed by atoms with Crippen LogP contribution in [-0.2, 0) is 4.79 Å². The van der Waals surface area contributed by atoms with Crippen LogP contribution in [0.5, 0.6) is 0 Å². The highest BCUT2D eigenvalue weighted by molar-refractivity contribution is 8.17. The summed E-state index contributed by atoms with van der Waals surface area (Å²) in [4.78, 5) is 26.3. The summed E-state index contributed by atoms with van der Waals surface area (Å²) in [6, 6.07) is 9.25. The molecule has 0 unspecified atom stereocenters.